The Balaban J connectivity index is 1.44. The molecule has 1 saturated heterocycles. The monoisotopic (exact) mass is 489 g/mol. The lowest BCUT2D eigenvalue weighted by Crippen LogP contribution is -2.57. The smallest absolute Gasteiger partial charge is 0.410 e. The Morgan fingerprint density at radius 1 is 1.29 bits per heavy atom. The highest BCUT2D eigenvalue weighted by atomic mass is 32.2. The van der Waals surface area contributed by atoms with Crippen molar-refractivity contribution in [3.05, 3.63) is 29.8 Å². The zero-order chi connectivity index (χ0) is 24.7. The maximum atomic E-state index is 12.4. The van der Waals surface area contributed by atoms with E-state index in [9.17, 15) is 14.4 Å². The van der Waals surface area contributed by atoms with E-state index in [1.165, 1.54) is 0 Å². The predicted octanol–water partition coefficient (Wildman–Crippen LogP) is 3.26. The summed E-state index contributed by atoms with van der Waals surface area (Å²) >= 11 is 1.77. The van der Waals surface area contributed by atoms with Gasteiger partial charge in [-0.2, -0.15) is 16.9 Å². The van der Waals surface area contributed by atoms with Crippen LogP contribution in [0.4, 0.5) is 10.5 Å². The second kappa shape index (κ2) is 11.6. The molecule has 2 N–H and O–H groups in total. The summed E-state index contributed by atoms with van der Waals surface area (Å²) in [5.74, 6) is 2.30. The largest absolute Gasteiger partial charge is 0.444 e. The van der Waals surface area contributed by atoms with E-state index >= 15 is 0 Å². The van der Waals surface area contributed by atoms with Gasteiger partial charge < -0.3 is 19.9 Å². The maximum Gasteiger partial charge on any atom is 0.410 e. The number of unbranched alkanes of at least 4 members (excludes halogenated alkanes) is 2. The summed E-state index contributed by atoms with van der Waals surface area (Å²) in [5.41, 5.74) is 3.69. The molecule has 0 aliphatic carbocycles. The van der Waals surface area contributed by atoms with Gasteiger partial charge in [0.2, 0.25) is 5.91 Å². The molecule has 1 fully saturated rings. The number of amidine groups is 1. The number of anilines is 1. The van der Waals surface area contributed by atoms with Crippen molar-refractivity contribution in [3.8, 4) is 0 Å². The molecule has 1 atom stereocenters. The molecule has 3 rings (SSSR count). The Bertz CT molecular complexity index is 930. The van der Waals surface area contributed by atoms with E-state index in [0.29, 0.717) is 18.7 Å². The highest BCUT2D eigenvalue weighted by molar-refractivity contribution is 7.99. The molecule has 2 heterocycles. The van der Waals surface area contributed by atoms with Gasteiger partial charge in [0.25, 0.3) is 5.91 Å². The molecule has 34 heavy (non-hydrogen) atoms. The minimum Gasteiger partial charge on any atom is -0.444 e. The Hall–Kier alpha value is -2.75. The number of thioether (sulfide) groups is 1. The van der Waals surface area contributed by atoms with Crippen LogP contribution in [0.2, 0.25) is 0 Å². The van der Waals surface area contributed by atoms with E-state index in [1.807, 2.05) is 49.9 Å². The van der Waals surface area contributed by atoms with Crippen LogP contribution in [0.1, 0.15) is 52.0 Å². The van der Waals surface area contributed by atoms with Gasteiger partial charge >= 0.3 is 6.09 Å². The van der Waals surface area contributed by atoms with Crippen LogP contribution in [-0.4, -0.2) is 76.8 Å². The van der Waals surface area contributed by atoms with Crippen molar-refractivity contribution in [2.45, 2.75) is 58.1 Å². The fourth-order valence-electron chi connectivity index (χ4n) is 3.75. The highest BCUT2D eigenvalue weighted by Gasteiger charge is 2.35. The summed E-state index contributed by atoms with van der Waals surface area (Å²) in [6.07, 6.45) is 2.45. The molecule has 186 valence electrons. The summed E-state index contributed by atoms with van der Waals surface area (Å²) in [7, 11) is 1.72. The minimum atomic E-state index is -0.507. The number of hydrogen-bond donors (Lipinski definition) is 2. The first-order valence-electron chi connectivity index (χ1n) is 11.7. The van der Waals surface area contributed by atoms with Gasteiger partial charge in [0.15, 0.2) is 5.84 Å². The van der Waals surface area contributed by atoms with Gasteiger partial charge in [0.1, 0.15) is 11.6 Å². The second-order valence-electron chi connectivity index (χ2n) is 9.54. The molecule has 0 bridgehead atoms. The first kappa shape index (κ1) is 25.9. The van der Waals surface area contributed by atoms with Crippen LogP contribution in [0.5, 0.6) is 0 Å². The van der Waals surface area contributed by atoms with Crippen LogP contribution in [0.15, 0.2) is 29.4 Å². The van der Waals surface area contributed by atoms with Crippen molar-refractivity contribution >= 4 is 41.2 Å². The Kier molecular flexibility index (Phi) is 8.82. The van der Waals surface area contributed by atoms with Crippen LogP contribution >= 0.6 is 11.8 Å². The molecule has 0 saturated carbocycles. The molecule has 3 amide bonds. The van der Waals surface area contributed by atoms with Crippen molar-refractivity contribution in [2.75, 3.05) is 37.0 Å². The number of hydrogen-bond acceptors (Lipinski definition) is 7. The molecule has 0 radical (unpaired) electrons. The minimum absolute atomic E-state index is 0.0521. The lowest BCUT2D eigenvalue weighted by molar-refractivity contribution is -0.125. The zero-order valence-electron chi connectivity index (χ0n) is 20.4. The maximum absolute atomic E-state index is 12.4. The lowest BCUT2D eigenvalue weighted by atomic mass is 10.1. The number of nitrogens with one attached hydrogen (secondary N) is 2. The van der Waals surface area contributed by atoms with Gasteiger partial charge in [-0.15, -0.1) is 0 Å². The van der Waals surface area contributed by atoms with Gasteiger partial charge in [0.05, 0.1) is 0 Å². The van der Waals surface area contributed by atoms with Crippen molar-refractivity contribution in [1.82, 2.24) is 15.2 Å². The Morgan fingerprint density at radius 3 is 2.85 bits per heavy atom. The standard InChI is InChI=1S/C24H35N5O4S/c1-24(2,3)33-23(32)28(4)12-7-5-6-11-20(30)25-18-10-8-9-17(15-18)21-26-27-22(31)19-16-34-14-13-29(19)21/h8-10,15,19H,5-7,11-14,16H2,1-4H3,(H,25,30)(H,27,31). The number of benzene rings is 1. The quantitative estimate of drug-likeness (QED) is 0.544. The Labute approximate surface area is 205 Å². The third kappa shape index (κ3) is 7.38. The summed E-state index contributed by atoms with van der Waals surface area (Å²) < 4.78 is 5.34. The van der Waals surface area contributed by atoms with Gasteiger partial charge in [-0.1, -0.05) is 18.6 Å². The molecule has 1 unspecified atom stereocenters. The van der Waals surface area contributed by atoms with E-state index in [-0.39, 0.29) is 23.9 Å². The van der Waals surface area contributed by atoms with Crippen LogP contribution < -0.4 is 10.7 Å². The number of carbonyl (C=O) groups excluding carboxylic acids is 3. The van der Waals surface area contributed by atoms with Crippen LogP contribution in [0.25, 0.3) is 0 Å². The first-order valence-corrected chi connectivity index (χ1v) is 12.9. The fourth-order valence-corrected chi connectivity index (χ4v) is 4.80. The number of rotatable bonds is 8. The van der Waals surface area contributed by atoms with E-state index in [1.54, 1.807) is 23.7 Å². The van der Waals surface area contributed by atoms with Crippen LogP contribution in [-0.2, 0) is 14.3 Å². The molecule has 10 heteroatoms. The number of carbonyl (C=O) groups is 3. The van der Waals surface area contributed by atoms with E-state index in [2.05, 4.69) is 15.8 Å². The van der Waals surface area contributed by atoms with Gasteiger partial charge in [-0.25, -0.2) is 10.2 Å². The van der Waals surface area contributed by atoms with Crippen LogP contribution in [0.3, 0.4) is 0 Å². The first-order chi connectivity index (χ1) is 16.1. The number of amides is 3. The average Bonchev–Trinajstić information content (AvgIpc) is 2.78. The summed E-state index contributed by atoms with van der Waals surface area (Å²) in [6.45, 7) is 6.89. The molecule has 1 aromatic rings. The van der Waals surface area contributed by atoms with Gasteiger partial charge in [-0.05, 0) is 45.7 Å². The van der Waals surface area contributed by atoms with Crippen molar-refractivity contribution in [1.29, 1.82) is 0 Å². The predicted molar refractivity (Wildman–Crippen MR) is 135 cm³/mol. The molecule has 2 aliphatic heterocycles. The number of ether oxygens (including phenoxy) is 1. The third-order valence-corrected chi connectivity index (χ3v) is 6.50. The second-order valence-corrected chi connectivity index (χ2v) is 10.7. The average molecular weight is 490 g/mol. The molecule has 9 nitrogen and oxygen atoms in total. The number of nitrogens with zero attached hydrogens (tertiary/aromatic N) is 3. The Morgan fingerprint density at radius 2 is 2.09 bits per heavy atom. The van der Waals surface area contributed by atoms with E-state index < -0.39 is 5.60 Å². The van der Waals surface area contributed by atoms with Crippen LogP contribution in [0, 0.1) is 0 Å². The van der Waals surface area contributed by atoms with Crippen molar-refractivity contribution in [2.24, 2.45) is 5.10 Å². The third-order valence-electron chi connectivity index (χ3n) is 5.48. The van der Waals surface area contributed by atoms with Crippen molar-refractivity contribution < 1.29 is 19.1 Å². The molecular weight excluding hydrogens is 454 g/mol. The van der Waals surface area contributed by atoms with E-state index in [4.69, 9.17) is 4.74 Å². The zero-order valence-corrected chi connectivity index (χ0v) is 21.2. The van der Waals surface area contributed by atoms with Crippen molar-refractivity contribution in [3.63, 3.8) is 0 Å². The summed E-state index contributed by atoms with van der Waals surface area (Å²) in [5, 5.41) is 7.24. The van der Waals surface area contributed by atoms with Gasteiger partial charge in [-0.3, -0.25) is 9.59 Å². The SMILES string of the molecule is CN(CCCCCC(=O)Nc1cccc(C2=NNC(=O)C3CSCCN23)c1)C(=O)OC(C)(C)C. The summed E-state index contributed by atoms with van der Waals surface area (Å²) in [4.78, 5) is 40.2. The molecule has 2 aliphatic rings. The summed E-state index contributed by atoms with van der Waals surface area (Å²) in [6, 6.07) is 7.35. The van der Waals surface area contributed by atoms with Gasteiger partial charge in [0, 0.05) is 49.3 Å². The molecule has 0 spiro atoms. The number of hydrazone groups is 1. The number of fused-ring (bicyclic) bond motifs is 1. The molecule has 0 aromatic heterocycles. The topological polar surface area (TPSA) is 103 Å². The normalized spacial score (nSPS) is 17.9. The lowest BCUT2D eigenvalue weighted by Gasteiger charge is -2.38. The highest BCUT2D eigenvalue weighted by Crippen LogP contribution is 2.23. The molecule has 1 aromatic carbocycles. The fraction of sp³-hybridized carbons (Fsp3) is 0.583. The molecular formula is C24H35N5O4S. The van der Waals surface area contributed by atoms with E-state index in [0.717, 1.165) is 48.7 Å².